The number of methoxy groups -OCH3 is 1. The fourth-order valence-corrected chi connectivity index (χ4v) is 2.13. The van der Waals surface area contributed by atoms with Crippen LogP contribution in [0.2, 0.25) is 0 Å². The van der Waals surface area contributed by atoms with Crippen LogP contribution in [0.4, 0.5) is 4.39 Å². The van der Waals surface area contributed by atoms with Gasteiger partial charge >= 0.3 is 0 Å². The smallest absolute Gasteiger partial charge is 0.161 e. The Kier molecular flexibility index (Phi) is 5.58. The molecule has 0 aliphatic rings. The molecule has 2 N–H and O–H groups in total. The van der Waals surface area contributed by atoms with Crippen LogP contribution in [-0.2, 0) is 6.42 Å². The second-order valence-electron chi connectivity index (χ2n) is 4.88. The fraction of sp³-hybridized carbons (Fsp3) is 0.294. The van der Waals surface area contributed by atoms with Gasteiger partial charge in [0.1, 0.15) is 5.82 Å². The summed E-state index contributed by atoms with van der Waals surface area (Å²) in [5, 5.41) is 0. The quantitative estimate of drug-likeness (QED) is 0.851. The molecule has 2 rings (SSSR count). The maximum Gasteiger partial charge on any atom is 0.161 e. The Labute approximate surface area is 124 Å². The molecule has 0 aromatic heterocycles. The molecule has 21 heavy (non-hydrogen) atoms. The Bertz CT molecular complexity index is 574. The van der Waals surface area contributed by atoms with E-state index in [-0.39, 0.29) is 11.9 Å². The predicted molar refractivity (Wildman–Crippen MR) is 81.2 cm³/mol. The molecule has 0 amide bonds. The van der Waals surface area contributed by atoms with Crippen LogP contribution in [0.15, 0.2) is 48.5 Å². The lowest BCUT2D eigenvalue weighted by molar-refractivity contribution is 0.279. The van der Waals surface area contributed by atoms with Crippen molar-refractivity contribution in [2.45, 2.75) is 18.9 Å². The summed E-state index contributed by atoms with van der Waals surface area (Å²) in [7, 11) is 1.61. The number of benzene rings is 2. The first kappa shape index (κ1) is 15.3. The average molecular weight is 289 g/mol. The molecule has 112 valence electrons. The number of para-hydroxylation sites is 2. The average Bonchev–Trinajstić information content (AvgIpc) is 2.47. The first-order chi connectivity index (χ1) is 10.2. The molecule has 0 bridgehead atoms. The van der Waals surface area contributed by atoms with Gasteiger partial charge < -0.3 is 15.2 Å². The summed E-state index contributed by atoms with van der Waals surface area (Å²) in [5.41, 5.74) is 6.96. The van der Waals surface area contributed by atoms with E-state index in [0.717, 1.165) is 5.56 Å². The van der Waals surface area contributed by atoms with Crippen LogP contribution in [0.5, 0.6) is 11.5 Å². The van der Waals surface area contributed by atoms with Gasteiger partial charge in [0, 0.05) is 6.04 Å². The van der Waals surface area contributed by atoms with E-state index in [1.54, 1.807) is 13.2 Å². The highest BCUT2D eigenvalue weighted by atomic mass is 19.1. The van der Waals surface area contributed by atoms with Crippen molar-refractivity contribution in [3.63, 3.8) is 0 Å². The summed E-state index contributed by atoms with van der Waals surface area (Å²) in [4.78, 5) is 0. The van der Waals surface area contributed by atoms with Gasteiger partial charge in [0.25, 0.3) is 0 Å². The molecule has 0 radical (unpaired) electrons. The largest absolute Gasteiger partial charge is 0.493 e. The topological polar surface area (TPSA) is 44.5 Å². The van der Waals surface area contributed by atoms with Gasteiger partial charge in [-0.15, -0.1) is 0 Å². The van der Waals surface area contributed by atoms with Gasteiger partial charge in [0.05, 0.1) is 13.7 Å². The molecular weight excluding hydrogens is 269 g/mol. The van der Waals surface area contributed by atoms with Crippen molar-refractivity contribution in [1.29, 1.82) is 0 Å². The summed E-state index contributed by atoms with van der Waals surface area (Å²) < 4.78 is 24.0. The standard InChI is InChI=1S/C17H20FNO2/c1-20-16-7-2-3-8-17(16)21-10-9-15(19)12-13-5-4-6-14(18)11-13/h2-8,11,15H,9-10,12,19H2,1H3. The monoisotopic (exact) mass is 289 g/mol. The zero-order valence-corrected chi connectivity index (χ0v) is 12.1. The molecule has 1 unspecified atom stereocenters. The summed E-state index contributed by atoms with van der Waals surface area (Å²) >= 11 is 0. The molecule has 0 saturated carbocycles. The van der Waals surface area contributed by atoms with Crippen LogP contribution in [0.3, 0.4) is 0 Å². The summed E-state index contributed by atoms with van der Waals surface area (Å²) in [6.45, 7) is 0.497. The van der Waals surface area contributed by atoms with E-state index in [0.29, 0.717) is 30.9 Å². The third-order valence-corrected chi connectivity index (χ3v) is 3.20. The minimum atomic E-state index is -0.232. The predicted octanol–water partition coefficient (Wildman–Crippen LogP) is 3.17. The van der Waals surface area contributed by atoms with E-state index in [4.69, 9.17) is 15.2 Å². The Balaban J connectivity index is 1.80. The second kappa shape index (κ2) is 7.64. The Morgan fingerprint density at radius 2 is 1.86 bits per heavy atom. The minimum Gasteiger partial charge on any atom is -0.493 e. The number of rotatable bonds is 7. The van der Waals surface area contributed by atoms with E-state index >= 15 is 0 Å². The molecule has 0 spiro atoms. The zero-order valence-electron chi connectivity index (χ0n) is 12.1. The lowest BCUT2D eigenvalue weighted by Crippen LogP contribution is -2.25. The van der Waals surface area contributed by atoms with Crippen LogP contribution in [0.1, 0.15) is 12.0 Å². The summed E-state index contributed by atoms with van der Waals surface area (Å²) in [6, 6.07) is 13.9. The van der Waals surface area contributed by atoms with Gasteiger partial charge in [0.2, 0.25) is 0 Å². The minimum absolute atomic E-state index is 0.0680. The highest BCUT2D eigenvalue weighted by Crippen LogP contribution is 2.25. The third kappa shape index (κ3) is 4.76. The van der Waals surface area contributed by atoms with E-state index in [1.807, 2.05) is 30.3 Å². The van der Waals surface area contributed by atoms with Crippen molar-refractivity contribution in [3.8, 4) is 11.5 Å². The fourth-order valence-electron chi connectivity index (χ4n) is 2.13. The lowest BCUT2D eigenvalue weighted by atomic mass is 10.0. The van der Waals surface area contributed by atoms with Gasteiger partial charge in [-0.2, -0.15) is 0 Å². The molecule has 1 atom stereocenters. The van der Waals surface area contributed by atoms with E-state index < -0.39 is 0 Å². The molecular formula is C17H20FNO2. The SMILES string of the molecule is COc1ccccc1OCCC(N)Cc1cccc(F)c1. The zero-order chi connectivity index (χ0) is 15.1. The number of halogens is 1. The van der Waals surface area contributed by atoms with Gasteiger partial charge in [-0.25, -0.2) is 4.39 Å². The van der Waals surface area contributed by atoms with Crippen molar-refractivity contribution in [1.82, 2.24) is 0 Å². The molecule has 3 nitrogen and oxygen atoms in total. The molecule has 2 aromatic rings. The van der Waals surface area contributed by atoms with Crippen LogP contribution in [0.25, 0.3) is 0 Å². The van der Waals surface area contributed by atoms with Gasteiger partial charge in [0.15, 0.2) is 11.5 Å². The first-order valence-electron chi connectivity index (χ1n) is 6.95. The Morgan fingerprint density at radius 3 is 2.57 bits per heavy atom. The van der Waals surface area contributed by atoms with Crippen molar-refractivity contribution in [3.05, 3.63) is 59.9 Å². The number of nitrogens with two attached hydrogens (primary N) is 1. The highest BCUT2D eigenvalue weighted by molar-refractivity contribution is 5.39. The van der Waals surface area contributed by atoms with E-state index in [2.05, 4.69) is 0 Å². The lowest BCUT2D eigenvalue weighted by Gasteiger charge is -2.14. The van der Waals surface area contributed by atoms with Gasteiger partial charge in [-0.3, -0.25) is 0 Å². The van der Waals surface area contributed by atoms with Crippen LogP contribution < -0.4 is 15.2 Å². The van der Waals surface area contributed by atoms with Crippen LogP contribution >= 0.6 is 0 Å². The third-order valence-electron chi connectivity index (χ3n) is 3.20. The maximum absolute atomic E-state index is 13.1. The van der Waals surface area contributed by atoms with Crippen molar-refractivity contribution in [2.24, 2.45) is 5.73 Å². The summed E-state index contributed by atoms with van der Waals surface area (Å²) in [6.07, 6.45) is 1.32. The molecule has 0 aliphatic heterocycles. The van der Waals surface area contributed by atoms with Crippen LogP contribution in [-0.4, -0.2) is 19.8 Å². The second-order valence-corrected chi connectivity index (χ2v) is 4.88. The molecule has 0 saturated heterocycles. The van der Waals surface area contributed by atoms with Crippen molar-refractivity contribution < 1.29 is 13.9 Å². The van der Waals surface area contributed by atoms with Crippen molar-refractivity contribution >= 4 is 0 Å². The number of hydrogen-bond acceptors (Lipinski definition) is 3. The van der Waals surface area contributed by atoms with Crippen molar-refractivity contribution in [2.75, 3.05) is 13.7 Å². The molecule has 0 heterocycles. The van der Waals surface area contributed by atoms with Gasteiger partial charge in [-0.1, -0.05) is 24.3 Å². The highest BCUT2D eigenvalue weighted by Gasteiger charge is 2.07. The number of ether oxygens (including phenoxy) is 2. The van der Waals surface area contributed by atoms with E-state index in [1.165, 1.54) is 12.1 Å². The normalized spacial score (nSPS) is 12.0. The molecule has 4 heteroatoms. The Morgan fingerprint density at radius 1 is 1.10 bits per heavy atom. The van der Waals surface area contributed by atoms with Gasteiger partial charge in [-0.05, 0) is 42.7 Å². The van der Waals surface area contributed by atoms with Crippen LogP contribution in [0, 0.1) is 5.82 Å². The Hall–Kier alpha value is -2.07. The molecule has 2 aromatic carbocycles. The summed E-state index contributed by atoms with van der Waals surface area (Å²) in [5.74, 6) is 1.18. The molecule has 0 fully saturated rings. The molecule has 0 aliphatic carbocycles. The first-order valence-corrected chi connectivity index (χ1v) is 6.95. The maximum atomic E-state index is 13.1. The van der Waals surface area contributed by atoms with E-state index in [9.17, 15) is 4.39 Å². The number of hydrogen-bond donors (Lipinski definition) is 1.